The summed E-state index contributed by atoms with van der Waals surface area (Å²) in [6.45, 7) is 2.81. The van der Waals surface area contributed by atoms with Crippen molar-refractivity contribution < 1.29 is 21.6 Å². The van der Waals surface area contributed by atoms with E-state index >= 15 is 0 Å². The van der Waals surface area contributed by atoms with E-state index in [0.29, 0.717) is 45.0 Å². The van der Waals surface area contributed by atoms with Crippen molar-refractivity contribution in [2.75, 3.05) is 32.7 Å². The van der Waals surface area contributed by atoms with E-state index in [1.165, 1.54) is 17.0 Å². The molecule has 0 saturated carbocycles. The summed E-state index contributed by atoms with van der Waals surface area (Å²) in [6, 6.07) is 6.18. The number of guanidine groups is 1. The zero-order chi connectivity index (χ0) is 20.8. The summed E-state index contributed by atoms with van der Waals surface area (Å²) in [6.07, 6.45) is -2.98. The molecule has 1 aliphatic rings. The number of halogens is 4. The van der Waals surface area contributed by atoms with Gasteiger partial charge in [-0.25, -0.2) is 13.6 Å². The molecule has 4 N–H and O–H groups in total. The maximum atomic E-state index is 12.5. The van der Waals surface area contributed by atoms with Crippen molar-refractivity contribution in [3.63, 3.8) is 0 Å². The van der Waals surface area contributed by atoms with E-state index in [1.54, 1.807) is 12.1 Å². The molecule has 1 unspecified atom stereocenters. The van der Waals surface area contributed by atoms with Crippen LogP contribution >= 0.6 is 24.0 Å². The van der Waals surface area contributed by atoms with Gasteiger partial charge in [0.05, 0.1) is 11.4 Å². The molecule has 2 rings (SSSR count). The number of alkyl halides is 3. The Labute approximate surface area is 186 Å². The molecule has 1 heterocycles. The van der Waals surface area contributed by atoms with Crippen LogP contribution < -0.4 is 15.8 Å². The van der Waals surface area contributed by atoms with Gasteiger partial charge in [-0.15, -0.1) is 24.0 Å². The van der Waals surface area contributed by atoms with Crippen LogP contribution in [0.25, 0.3) is 0 Å². The lowest BCUT2D eigenvalue weighted by molar-refractivity contribution is -0.143. The molecule has 29 heavy (non-hydrogen) atoms. The van der Waals surface area contributed by atoms with Crippen LogP contribution in [0.4, 0.5) is 13.2 Å². The predicted octanol–water partition coefficient (Wildman–Crippen LogP) is 1.69. The molecule has 7 nitrogen and oxygen atoms in total. The van der Waals surface area contributed by atoms with E-state index in [1.807, 2.05) is 6.92 Å². The highest BCUT2D eigenvalue weighted by atomic mass is 127. The first kappa shape index (κ1) is 25.9. The molecule has 1 aromatic carbocycles. The standard InChI is InChI=1S/C17H26F3N5O2S.HI/c1-2-22-16(24-14-8-10-25(11-14)12-17(18,19)20)23-9-7-13-3-5-15(6-4-13)28(21,26)27;/h3-6,14H,2,7-12H2,1H3,(H2,21,26,27)(H2,22,23,24);1H. The van der Waals surface area contributed by atoms with Crippen LogP contribution in [0.3, 0.4) is 0 Å². The van der Waals surface area contributed by atoms with Gasteiger partial charge in [0.15, 0.2) is 5.96 Å². The molecule has 0 spiro atoms. The van der Waals surface area contributed by atoms with E-state index in [9.17, 15) is 21.6 Å². The maximum absolute atomic E-state index is 12.5. The fourth-order valence-electron chi connectivity index (χ4n) is 3.00. The largest absolute Gasteiger partial charge is 0.401 e. The van der Waals surface area contributed by atoms with Gasteiger partial charge in [-0.2, -0.15) is 13.2 Å². The van der Waals surface area contributed by atoms with Gasteiger partial charge < -0.3 is 10.6 Å². The third kappa shape index (κ3) is 9.49. The number of hydrogen-bond acceptors (Lipinski definition) is 4. The molecule has 0 radical (unpaired) electrons. The summed E-state index contributed by atoms with van der Waals surface area (Å²) < 4.78 is 60.0. The number of benzene rings is 1. The molecule has 0 aliphatic carbocycles. The molecule has 1 fully saturated rings. The lowest BCUT2D eigenvalue weighted by Gasteiger charge is -2.19. The highest BCUT2D eigenvalue weighted by molar-refractivity contribution is 14.0. The minimum Gasteiger partial charge on any atom is -0.357 e. The van der Waals surface area contributed by atoms with Crippen molar-refractivity contribution in [3.05, 3.63) is 29.8 Å². The minimum atomic E-state index is -4.19. The van der Waals surface area contributed by atoms with Gasteiger partial charge >= 0.3 is 6.18 Å². The zero-order valence-corrected chi connectivity index (χ0v) is 19.2. The fourth-order valence-corrected chi connectivity index (χ4v) is 3.52. The van der Waals surface area contributed by atoms with E-state index in [4.69, 9.17) is 5.14 Å². The summed E-state index contributed by atoms with van der Waals surface area (Å²) in [5, 5.41) is 11.3. The second-order valence-electron chi connectivity index (χ2n) is 6.68. The van der Waals surface area contributed by atoms with Crippen molar-refractivity contribution in [1.29, 1.82) is 0 Å². The first-order chi connectivity index (χ1) is 13.1. The van der Waals surface area contributed by atoms with Gasteiger partial charge in [0.2, 0.25) is 10.0 Å². The van der Waals surface area contributed by atoms with Gasteiger partial charge in [-0.05, 0) is 37.5 Å². The first-order valence-electron chi connectivity index (χ1n) is 9.02. The van der Waals surface area contributed by atoms with Crippen LogP contribution in [0.5, 0.6) is 0 Å². The number of primary sulfonamides is 1. The number of sulfonamides is 1. The highest BCUT2D eigenvalue weighted by Gasteiger charge is 2.34. The SMILES string of the molecule is CCNC(=NCCc1ccc(S(N)(=O)=O)cc1)NC1CCN(CC(F)(F)F)C1.I. The van der Waals surface area contributed by atoms with Crippen molar-refractivity contribution in [2.24, 2.45) is 10.1 Å². The molecule has 166 valence electrons. The molecule has 1 aliphatic heterocycles. The fraction of sp³-hybridized carbons (Fsp3) is 0.588. The number of likely N-dealkylation sites (tertiary alicyclic amines) is 1. The molecule has 0 amide bonds. The molecular formula is C17H27F3IN5O2S. The maximum Gasteiger partial charge on any atom is 0.401 e. The Morgan fingerprint density at radius 3 is 2.52 bits per heavy atom. The molecular weight excluding hydrogens is 522 g/mol. The number of aliphatic imine (C=N–C) groups is 1. The van der Waals surface area contributed by atoms with Gasteiger partial charge in [-0.1, -0.05) is 12.1 Å². The number of nitrogens with one attached hydrogen (secondary N) is 2. The molecule has 12 heteroatoms. The lowest BCUT2D eigenvalue weighted by Crippen LogP contribution is -2.45. The van der Waals surface area contributed by atoms with Crippen LogP contribution in [0.1, 0.15) is 18.9 Å². The number of hydrogen-bond donors (Lipinski definition) is 3. The van der Waals surface area contributed by atoms with Crippen LogP contribution in [-0.4, -0.2) is 64.2 Å². The van der Waals surface area contributed by atoms with Gasteiger partial charge in [0.1, 0.15) is 0 Å². The van der Waals surface area contributed by atoms with E-state index in [-0.39, 0.29) is 34.9 Å². The molecule has 0 bridgehead atoms. The molecule has 1 atom stereocenters. The summed E-state index contributed by atoms with van der Waals surface area (Å²) in [4.78, 5) is 5.89. The number of rotatable bonds is 7. The predicted molar refractivity (Wildman–Crippen MR) is 117 cm³/mol. The topological polar surface area (TPSA) is 99.8 Å². The van der Waals surface area contributed by atoms with Crippen molar-refractivity contribution in [3.8, 4) is 0 Å². The minimum absolute atomic E-state index is 0. The second-order valence-corrected chi connectivity index (χ2v) is 8.24. The first-order valence-corrected chi connectivity index (χ1v) is 10.6. The third-order valence-corrected chi connectivity index (χ3v) is 5.21. The molecule has 0 aromatic heterocycles. The van der Waals surface area contributed by atoms with Gasteiger partial charge in [-0.3, -0.25) is 9.89 Å². The van der Waals surface area contributed by atoms with Gasteiger partial charge in [0, 0.05) is 32.2 Å². The normalized spacial score (nSPS) is 18.4. The Bertz CT molecular complexity index is 772. The third-order valence-electron chi connectivity index (χ3n) is 4.28. The van der Waals surface area contributed by atoms with Crippen molar-refractivity contribution >= 4 is 40.0 Å². The van der Waals surface area contributed by atoms with Crippen LogP contribution in [0, 0.1) is 0 Å². The Hall–Kier alpha value is -1.12. The summed E-state index contributed by atoms with van der Waals surface area (Å²) >= 11 is 0. The molecule has 1 aromatic rings. The summed E-state index contributed by atoms with van der Waals surface area (Å²) in [5.74, 6) is 0.558. The van der Waals surface area contributed by atoms with Crippen LogP contribution in [0.2, 0.25) is 0 Å². The quantitative estimate of drug-likeness (QED) is 0.273. The Balaban J connectivity index is 0.00000420. The Morgan fingerprint density at radius 1 is 1.31 bits per heavy atom. The summed E-state index contributed by atoms with van der Waals surface area (Å²) in [7, 11) is -3.71. The number of nitrogens with zero attached hydrogens (tertiary/aromatic N) is 2. The average Bonchev–Trinajstić information content (AvgIpc) is 2.99. The molecule has 1 saturated heterocycles. The zero-order valence-electron chi connectivity index (χ0n) is 16.1. The van der Waals surface area contributed by atoms with E-state index < -0.39 is 22.7 Å². The Kier molecular flexibility index (Phi) is 10.1. The average molecular weight is 549 g/mol. The van der Waals surface area contributed by atoms with Crippen LogP contribution in [-0.2, 0) is 16.4 Å². The highest BCUT2D eigenvalue weighted by Crippen LogP contribution is 2.19. The van der Waals surface area contributed by atoms with Gasteiger partial charge in [0.25, 0.3) is 0 Å². The Morgan fingerprint density at radius 2 is 1.97 bits per heavy atom. The van der Waals surface area contributed by atoms with E-state index in [2.05, 4.69) is 15.6 Å². The monoisotopic (exact) mass is 549 g/mol. The van der Waals surface area contributed by atoms with E-state index in [0.717, 1.165) is 5.56 Å². The number of nitrogens with two attached hydrogens (primary N) is 1. The lowest BCUT2D eigenvalue weighted by atomic mass is 10.1. The second kappa shape index (κ2) is 11.3. The van der Waals surface area contributed by atoms with Crippen molar-refractivity contribution in [1.82, 2.24) is 15.5 Å². The van der Waals surface area contributed by atoms with Crippen LogP contribution in [0.15, 0.2) is 34.2 Å². The smallest absolute Gasteiger partial charge is 0.357 e. The van der Waals surface area contributed by atoms with Crippen molar-refractivity contribution in [2.45, 2.75) is 36.9 Å². The summed E-state index contributed by atoms with van der Waals surface area (Å²) in [5.41, 5.74) is 0.907.